The van der Waals surface area contributed by atoms with Crippen LogP contribution in [0.25, 0.3) is 10.9 Å². The first-order chi connectivity index (χ1) is 18.3. The summed E-state index contributed by atoms with van der Waals surface area (Å²) in [5.74, 6) is -2.64. The molecule has 0 spiro atoms. The first-order valence-electron chi connectivity index (χ1n) is 13.8. The van der Waals surface area contributed by atoms with E-state index in [0.29, 0.717) is 19.3 Å². The monoisotopic (exact) mass is 543 g/mol. The van der Waals surface area contributed by atoms with Gasteiger partial charge in [-0.25, -0.2) is 4.79 Å². The number of amides is 3. The Labute approximate surface area is 230 Å². The number of aromatic nitrogens is 1. The molecular weight excluding hydrogens is 498 g/mol. The summed E-state index contributed by atoms with van der Waals surface area (Å²) in [4.78, 5) is 54.6. The summed E-state index contributed by atoms with van der Waals surface area (Å²) < 4.78 is 0. The number of benzene rings is 1. The van der Waals surface area contributed by atoms with Crippen LogP contribution in [0.4, 0.5) is 0 Å². The zero-order valence-corrected chi connectivity index (χ0v) is 23.9. The number of fused-ring (bicyclic) bond motifs is 1. The highest BCUT2D eigenvalue weighted by molar-refractivity contribution is 5.94. The van der Waals surface area contributed by atoms with Crippen molar-refractivity contribution in [1.82, 2.24) is 20.9 Å². The number of aromatic amines is 1. The van der Waals surface area contributed by atoms with Crippen LogP contribution in [0, 0.1) is 17.8 Å². The smallest absolute Gasteiger partial charge is 0.326 e. The number of hydrogen-bond donors (Lipinski definition) is 6. The molecule has 3 amide bonds. The molecule has 5 unspecified atom stereocenters. The lowest BCUT2D eigenvalue weighted by Gasteiger charge is -2.28. The van der Waals surface area contributed by atoms with E-state index in [2.05, 4.69) is 20.9 Å². The van der Waals surface area contributed by atoms with Crippen LogP contribution in [-0.2, 0) is 25.6 Å². The largest absolute Gasteiger partial charge is 0.480 e. The van der Waals surface area contributed by atoms with Gasteiger partial charge in [-0.3, -0.25) is 14.4 Å². The molecule has 0 fully saturated rings. The fourth-order valence-electron chi connectivity index (χ4n) is 4.53. The normalized spacial score (nSPS) is 15.4. The van der Waals surface area contributed by atoms with E-state index >= 15 is 0 Å². The fraction of sp³-hybridized carbons (Fsp3) is 0.586. The van der Waals surface area contributed by atoms with Gasteiger partial charge in [0, 0.05) is 23.5 Å². The summed E-state index contributed by atoms with van der Waals surface area (Å²) in [5, 5.41) is 18.9. The predicted molar refractivity (Wildman–Crippen MR) is 152 cm³/mol. The van der Waals surface area contributed by atoms with Crippen LogP contribution >= 0.6 is 0 Å². The van der Waals surface area contributed by atoms with Crippen LogP contribution in [0.1, 0.15) is 66.4 Å². The van der Waals surface area contributed by atoms with Crippen molar-refractivity contribution in [3.8, 4) is 0 Å². The van der Waals surface area contributed by atoms with Gasteiger partial charge in [-0.2, -0.15) is 0 Å². The third kappa shape index (κ3) is 9.38. The number of carbonyl (C=O) groups excluding carboxylic acids is 3. The highest BCUT2D eigenvalue weighted by Crippen LogP contribution is 2.19. The van der Waals surface area contributed by atoms with Crippen molar-refractivity contribution in [2.45, 2.75) is 91.4 Å². The first kappa shape index (κ1) is 31.8. The number of carbonyl (C=O) groups is 4. The van der Waals surface area contributed by atoms with Crippen molar-refractivity contribution < 1.29 is 24.3 Å². The Bertz CT molecular complexity index is 1130. The van der Waals surface area contributed by atoms with Crippen LogP contribution in [0.15, 0.2) is 30.5 Å². The molecule has 0 aliphatic carbocycles. The molecule has 0 aliphatic heterocycles. The third-order valence-electron chi connectivity index (χ3n) is 6.91. The van der Waals surface area contributed by atoms with Gasteiger partial charge in [0.15, 0.2) is 0 Å². The van der Waals surface area contributed by atoms with Crippen LogP contribution in [-0.4, -0.2) is 57.9 Å². The third-order valence-corrected chi connectivity index (χ3v) is 6.91. The average molecular weight is 544 g/mol. The summed E-state index contributed by atoms with van der Waals surface area (Å²) in [6, 6.07) is 3.72. The molecule has 7 N–H and O–H groups in total. The van der Waals surface area contributed by atoms with Gasteiger partial charge in [-0.1, -0.05) is 66.2 Å². The maximum absolute atomic E-state index is 13.4. The second kappa shape index (κ2) is 14.7. The molecule has 5 atom stereocenters. The van der Waals surface area contributed by atoms with E-state index in [1.807, 2.05) is 65.8 Å². The molecule has 1 aromatic carbocycles. The minimum absolute atomic E-state index is 0.0362. The van der Waals surface area contributed by atoms with E-state index in [9.17, 15) is 24.3 Å². The van der Waals surface area contributed by atoms with Gasteiger partial charge in [-0.15, -0.1) is 0 Å². The van der Waals surface area contributed by atoms with Crippen molar-refractivity contribution in [2.24, 2.45) is 23.5 Å². The van der Waals surface area contributed by atoms with Crippen molar-refractivity contribution in [3.05, 3.63) is 36.0 Å². The SMILES string of the molecule is CCC(C)C(NC(=O)C(N)CC(C)C)C(=O)NC(CC(C)C)C(=O)NC(Cc1c[nH]c2ccccc12)C(=O)O. The van der Waals surface area contributed by atoms with E-state index in [-0.39, 0.29) is 24.2 Å². The maximum atomic E-state index is 13.4. The number of hydrogen-bond acceptors (Lipinski definition) is 5. The fourth-order valence-corrected chi connectivity index (χ4v) is 4.53. The van der Waals surface area contributed by atoms with Crippen LogP contribution in [0.5, 0.6) is 0 Å². The van der Waals surface area contributed by atoms with Crippen LogP contribution < -0.4 is 21.7 Å². The Hall–Kier alpha value is -3.40. The molecule has 2 rings (SSSR count). The highest BCUT2D eigenvalue weighted by Gasteiger charge is 2.33. The number of aliphatic carboxylic acids is 1. The van der Waals surface area contributed by atoms with Crippen molar-refractivity contribution in [1.29, 1.82) is 0 Å². The number of rotatable bonds is 15. The van der Waals surface area contributed by atoms with E-state index in [1.54, 1.807) is 6.20 Å². The van der Waals surface area contributed by atoms with Gasteiger partial charge in [0.25, 0.3) is 0 Å². The zero-order valence-electron chi connectivity index (χ0n) is 23.9. The van der Waals surface area contributed by atoms with Gasteiger partial charge >= 0.3 is 5.97 Å². The van der Waals surface area contributed by atoms with E-state index < -0.39 is 47.9 Å². The van der Waals surface area contributed by atoms with E-state index in [1.165, 1.54) is 0 Å². The topological polar surface area (TPSA) is 166 Å². The summed E-state index contributed by atoms with van der Waals surface area (Å²) in [6.45, 7) is 11.5. The molecule has 2 aromatic rings. The quantitative estimate of drug-likeness (QED) is 0.202. The number of para-hydroxylation sites is 1. The first-order valence-corrected chi connectivity index (χ1v) is 13.8. The van der Waals surface area contributed by atoms with Crippen molar-refractivity contribution in [2.75, 3.05) is 0 Å². The Balaban J connectivity index is 2.19. The Morgan fingerprint density at radius 1 is 0.872 bits per heavy atom. The van der Waals surface area contributed by atoms with Gasteiger partial charge in [0.05, 0.1) is 6.04 Å². The molecule has 0 radical (unpaired) electrons. The summed E-state index contributed by atoms with van der Waals surface area (Å²) >= 11 is 0. The van der Waals surface area contributed by atoms with Gasteiger partial charge in [0.2, 0.25) is 17.7 Å². The molecule has 39 heavy (non-hydrogen) atoms. The van der Waals surface area contributed by atoms with Gasteiger partial charge in [0.1, 0.15) is 18.1 Å². The molecule has 1 aromatic heterocycles. The molecule has 10 nitrogen and oxygen atoms in total. The highest BCUT2D eigenvalue weighted by atomic mass is 16.4. The zero-order chi connectivity index (χ0) is 29.3. The Morgan fingerprint density at radius 3 is 2.08 bits per heavy atom. The molecule has 0 saturated heterocycles. The lowest BCUT2D eigenvalue weighted by atomic mass is 9.95. The number of H-pyrrole nitrogens is 1. The molecule has 0 saturated carbocycles. The molecule has 0 bridgehead atoms. The number of carboxylic acids is 1. The number of carboxylic acid groups (broad SMARTS) is 1. The van der Waals surface area contributed by atoms with Gasteiger partial charge in [-0.05, 0) is 42.2 Å². The lowest BCUT2D eigenvalue weighted by Crippen LogP contribution is -2.59. The second-order valence-electron chi connectivity index (χ2n) is 11.3. The van der Waals surface area contributed by atoms with Crippen LogP contribution in [0.2, 0.25) is 0 Å². The standard InChI is InChI=1S/C29H45N5O5/c1-7-18(6)25(34-26(35)21(30)12-16(2)3)28(37)32-23(13-17(4)5)27(36)33-24(29(38)39)14-19-15-31-22-11-9-8-10-20(19)22/h8-11,15-18,21,23-25,31H,7,12-14,30H2,1-6H3,(H,32,37)(H,33,36)(H,34,35)(H,38,39). The molecule has 0 aliphatic rings. The summed E-state index contributed by atoms with van der Waals surface area (Å²) in [7, 11) is 0. The maximum Gasteiger partial charge on any atom is 0.326 e. The van der Waals surface area contributed by atoms with Crippen molar-refractivity contribution >= 4 is 34.6 Å². The molecular formula is C29H45N5O5. The Morgan fingerprint density at radius 2 is 1.49 bits per heavy atom. The summed E-state index contributed by atoms with van der Waals surface area (Å²) in [6.07, 6.45) is 3.21. The lowest BCUT2D eigenvalue weighted by molar-refractivity contribution is -0.142. The summed E-state index contributed by atoms with van der Waals surface area (Å²) in [5.41, 5.74) is 7.67. The minimum atomic E-state index is -1.19. The molecule has 1 heterocycles. The van der Waals surface area contributed by atoms with E-state index in [0.717, 1.165) is 16.5 Å². The van der Waals surface area contributed by atoms with Gasteiger partial charge < -0.3 is 31.8 Å². The van der Waals surface area contributed by atoms with E-state index in [4.69, 9.17) is 5.73 Å². The predicted octanol–water partition coefficient (Wildman–Crippen LogP) is 2.72. The average Bonchev–Trinajstić information content (AvgIpc) is 3.27. The number of nitrogens with two attached hydrogens (primary N) is 1. The molecule has 216 valence electrons. The Kier molecular flexibility index (Phi) is 12.0. The molecule has 10 heteroatoms. The van der Waals surface area contributed by atoms with Crippen molar-refractivity contribution in [3.63, 3.8) is 0 Å². The van der Waals surface area contributed by atoms with Crippen LogP contribution in [0.3, 0.4) is 0 Å². The second-order valence-corrected chi connectivity index (χ2v) is 11.3. The minimum Gasteiger partial charge on any atom is -0.480 e. The number of nitrogens with one attached hydrogen (secondary N) is 4.